The summed E-state index contributed by atoms with van der Waals surface area (Å²) in [6.45, 7) is 3.91. The molecule has 128 valence electrons. The maximum absolute atomic E-state index is 12.7. The van der Waals surface area contributed by atoms with Crippen molar-refractivity contribution in [3.63, 3.8) is 0 Å². The van der Waals surface area contributed by atoms with E-state index in [1.165, 1.54) is 0 Å². The molecule has 1 aliphatic heterocycles. The van der Waals surface area contributed by atoms with Gasteiger partial charge in [-0.3, -0.25) is 9.69 Å². The molecule has 0 aliphatic carbocycles. The summed E-state index contributed by atoms with van der Waals surface area (Å²) in [6, 6.07) is 18.7. The molecule has 0 bridgehead atoms. The third-order valence-corrected chi connectivity index (χ3v) is 4.31. The number of ether oxygens (including phenoxy) is 1. The molecule has 25 heavy (non-hydrogen) atoms. The van der Waals surface area contributed by atoms with Gasteiger partial charge in [0.05, 0.1) is 30.9 Å². The standard InChI is InChI=1S/C20H21N3O2/c21-14-16-5-4-8-18(13-16)20(24)22-19(17-6-2-1-3-7-17)15-23-9-11-25-12-10-23/h1-8,13,19H,9-12,15H2,(H,22,24)/t19-/m0/s1. The van der Waals surface area contributed by atoms with Crippen LogP contribution in [0.1, 0.15) is 27.5 Å². The molecule has 5 heteroatoms. The van der Waals surface area contributed by atoms with E-state index in [9.17, 15) is 4.79 Å². The molecule has 1 aliphatic rings. The van der Waals surface area contributed by atoms with Crippen LogP contribution < -0.4 is 5.32 Å². The van der Waals surface area contributed by atoms with E-state index in [0.717, 1.165) is 38.4 Å². The number of carbonyl (C=O) groups excluding carboxylic acids is 1. The van der Waals surface area contributed by atoms with Gasteiger partial charge in [0.25, 0.3) is 5.91 Å². The van der Waals surface area contributed by atoms with Crippen molar-refractivity contribution in [3.8, 4) is 6.07 Å². The molecular formula is C20H21N3O2. The Morgan fingerprint density at radius 1 is 1.16 bits per heavy atom. The molecule has 2 aromatic rings. The van der Waals surface area contributed by atoms with Gasteiger partial charge in [-0.2, -0.15) is 5.26 Å². The number of morpholine rings is 1. The van der Waals surface area contributed by atoms with Crippen molar-refractivity contribution >= 4 is 5.91 Å². The Balaban J connectivity index is 1.76. The number of nitriles is 1. The first-order valence-electron chi connectivity index (χ1n) is 8.42. The summed E-state index contributed by atoms with van der Waals surface area (Å²) in [4.78, 5) is 15.0. The molecule has 5 nitrogen and oxygen atoms in total. The average Bonchev–Trinajstić information content (AvgIpc) is 2.69. The highest BCUT2D eigenvalue weighted by atomic mass is 16.5. The molecule has 1 fully saturated rings. The van der Waals surface area contributed by atoms with Gasteiger partial charge in [-0.15, -0.1) is 0 Å². The van der Waals surface area contributed by atoms with E-state index in [4.69, 9.17) is 10.00 Å². The van der Waals surface area contributed by atoms with Crippen LogP contribution in [0.3, 0.4) is 0 Å². The highest BCUT2D eigenvalue weighted by molar-refractivity contribution is 5.94. The van der Waals surface area contributed by atoms with Crippen molar-refractivity contribution in [1.29, 1.82) is 5.26 Å². The van der Waals surface area contributed by atoms with Gasteiger partial charge in [-0.25, -0.2) is 0 Å². The molecule has 0 radical (unpaired) electrons. The number of amides is 1. The van der Waals surface area contributed by atoms with E-state index in [-0.39, 0.29) is 11.9 Å². The Kier molecular flexibility index (Phi) is 5.78. The van der Waals surface area contributed by atoms with Gasteiger partial charge in [0.2, 0.25) is 0 Å². The highest BCUT2D eigenvalue weighted by Gasteiger charge is 2.20. The number of carbonyl (C=O) groups is 1. The van der Waals surface area contributed by atoms with Gasteiger partial charge in [0.1, 0.15) is 0 Å². The van der Waals surface area contributed by atoms with Gasteiger partial charge < -0.3 is 10.1 Å². The number of nitrogens with zero attached hydrogens (tertiary/aromatic N) is 2. The summed E-state index contributed by atoms with van der Waals surface area (Å²) < 4.78 is 5.40. The number of nitrogens with one attached hydrogen (secondary N) is 1. The molecule has 0 spiro atoms. The monoisotopic (exact) mass is 335 g/mol. The summed E-state index contributed by atoms with van der Waals surface area (Å²) in [6.07, 6.45) is 0. The largest absolute Gasteiger partial charge is 0.379 e. The predicted molar refractivity (Wildman–Crippen MR) is 95.1 cm³/mol. The van der Waals surface area contributed by atoms with E-state index in [1.807, 2.05) is 30.3 Å². The first-order valence-corrected chi connectivity index (χ1v) is 8.42. The Morgan fingerprint density at radius 3 is 2.64 bits per heavy atom. The van der Waals surface area contributed by atoms with E-state index in [2.05, 4.69) is 16.3 Å². The number of rotatable bonds is 5. The van der Waals surface area contributed by atoms with Crippen molar-refractivity contribution in [2.75, 3.05) is 32.8 Å². The lowest BCUT2D eigenvalue weighted by Gasteiger charge is -2.31. The molecule has 0 saturated carbocycles. The quantitative estimate of drug-likeness (QED) is 0.911. The zero-order chi connectivity index (χ0) is 17.5. The van der Waals surface area contributed by atoms with Gasteiger partial charge in [-0.1, -0.05) is 36.4 Å². The highest BCUT2D eigenvalue weighted by Crippen LogP contribution is 2.16. The van der Waals surface area contributed by atoms with E-state index in [0.29, 0.717) is 11.1 Å². The summed E-state index contributed by atoms with van der Waals surface area (Å²) in [7, 11) is 0. The minimum Gasteiger partial charge on any atom is -0.379 e. The van der Waals surface area contributed by atoms with E-state index >= 15 is 0 Å². The van der Waals surface area contributed by atoms with Crippen molar-refractivity contribution in [1.82, 2.24) is 10.2 Å². The second-order valence-corrected chi connectivity index (χ2v) is 6.04. The fourth-order valence-corrected chi connectivity index (χ4v) is 2.93. The van der Waals surface area contributed by atoms with Crippen molar-refractivity contribution in [2.45, 2.75) is 6.04 Å². The van der Waals surface area contributed by atoms with Crippen LogP contribution >= 0.6 is 0 Å². The minimum atomic E-state index is -0.167. The van der Waals surface area contributed by atoms with Crippen LogP contribution in [0.5, 0.6) is 0 Å². The Bertz CT molecular complexity index is 749. The lowest BCUT2D eigenvalue weighted by molar-refractivity contribution is 0.0332. The molecule has 1 heterocycles. The Labute approximate surface area is 147 Å². The average molecular weight is 335 g/mol. The third-order valence-electron chi connectivity index (χ3n) is 4.31. The van der Waals surface area contributed by atoms with E-state index in [1.54, 1.807) is 24.3 Å². The van der Waals surface area contributed by atoms with Crippen LogP contribution in [0.2, 0.25) is 0 Å². The van der Waals surface area contributed by atoms with Crippen molar-refractivity contribution in [2.24, 2.45) is 0 Å². The SMILES string of the molecule is N#Cc1cccc(C(=O)N[C@@H](CN2CCOCC2)c2ccccc2)c1. The van der Waals surface area contributed by atoms with Gasteiger partial charge in [0, 0.05) is 25.2 Å². The topological polar surface area (TPSA) is 65.4 Å². The molecule has 1 saturated heterocycles. The zero-order valence-electron chi connectivity index (χ0n) is 14.0. The molecular weight excluding hydrogens is 314 g/mol. The summed E-state index contributed by atoms with van der Waals surface area (Å²) >= 11 is 0. The Morgan fingerprint density at radius 2 is 1.92 bits per heavy atom. The second-order valence-electron chi connectivity index (χ2n) is 6.04. The van der Waals surface area contributed by atoms with Crippen LogP contribution in [-0.2, 0) is 4.74 Å². The molecule has 1 N–H and O–H groups in total. The van der Waals surface area contributed by atoms with Crippen LogP contribution in [0.25, 0.3) is 0 Å². The normalized spacial score (nSPS) is 16.0. The van der Waals surface area contributed by atoms with Gasteiger partial charge in [-0.05, 0) is 23.8 Å². The fraction of sp³-hybridized carbons (Fsp3) is 0.300. The molecule has 2 aromatic carbocycles. The van der Waals surface area contributed by atoms with Crippen molar-refractivity contribution in [3.05, 3.63) is 71.3 Å². The number of benzene rings is 2. The summed E-state index contributed by atoms with van der Waals surface area (Å²) in [5.74, 6) is -0.167. The maximum Gasteiger partial charge on any atom is 0.251 e. The number of hydrogen-bond donors (Lipinski definition) is 1. The number of hydrogen-bond acceptors (Lipinski definition) is 4. The summed E-state index contributed by atoms with van der Waals surface area (Å²) in [5.41, 5.74) is 2.05. The van der Waals surface area contributed by atoms with Crippen LogP contribution in [0.4, 0.5) is 0 Å². The maximum atomic E-state index is 12.7. The molecule has 0 unspecified atom stereocenters. The summed E-state index contributed by atoms with van der Waals surface area (Å²) in [5, 5.41) is 12.1. The molecule has 0 aromatic heterocycles. The van der Waals surface area contributed by atoms with Crippen LogP contribution in [-0.4, -0.2) is 43.7 Å². The first-order chi connectivity index (χ1) is 12.3. The molecule has 3 rings (SSSR count). The smallest absolute Gasteiger partial charge is 0.251 e. The van der Waals surface area contributed by atoms with Crippen LogP contribution in [0.15, 0.2) is 54.6 Å². The van der Waals surface area contributed by atoms with Crippen molar-refractivity contribution < 1.29 is 9.53 Å². The third kappa shape index (κ3) is 4.66. The second kappa shape index (κ2) is 8.43. The molecule has 1 atom stereocenters. The Hall–Kier alpha value is -2.68. The lowest BCUT2D eigenvalue weighted by Crippen LogP contribution is -2.43. The lowest BCUT2D eigenvalue weighted by atomic mass is 10.0. The zero-order valence-corrected chi connectivity index (χ0v) is 14.0. The van der Waals surface area contributed by atoms with Crippen LogP contribution in [0, 0.1) is 11.3 Å². The van der Waals surface area contributed by atoms with Gasteiger partial charge in [0.15, 0.2) is 0 Å². The molecule has 1 amide bonds. The van der Waals surface area contributed by atoms with Gasteiger partial charge >= 0.3 is 0 Å². The predicted octanol–water partition coefficient (Wildman–Crippen LogP) is 2.36. The fourth-order valence-electron chi connectivity index (χ4n) is 2.93. The minimum absolute atomic E-state index is 0.113. The first kappa shape index (κ1) is 17.2. The van der Waals surface area contributed by atoms with E-state index < -0.39 is 0 Å².